The van der Waals surface area contributed by atoms with E-state index in [-0.39, 0.29) is 18.3 Å². The number of aromatic nitrogens is 1. The number of carbonyl (C=O) groups excluding carboxylic acids is 1. The number of nitrogens with zero attached hydrogens (tertiary/aromatic N) is 1. The molecular formula is C13H16ClN3OS. The summed E-state index contributed by atoms with van der Waals surface area (Å²) in [6.07, 6.45) is 3.62. The van der Waals surface area contributed by atoms with Crippen molar-refractivity contribution in [2.24, 2.45) is 5.73 Å². The Labute approximate surface area is 121 Å². The number of hydrogen-bond donors (Lipinski definition) is 2. The van der Waals surface area contributed by atoms with Crippen LogP contribution in [0, 0.1) is 0 Å². The maximum atomic E-state index is 12.2. The van der Waals surface area contributed by atoms with Gasteiger partial charge in [-0.3, -0.25) is 4.79 Å². The molecule has 0 saturated heterocycles. The first kappa shape index (κ1) is 14.2. The topological polar surface area (TPSA) is 68.0 Å². The molecule has 6 heteroatoms. The highest BCUT2D eigenvalue weighted by Gasteiger charge is 2.36. The number of thiazole rings is 1. The van der Waals surface area contributed by atoms with Gasteiger partial charge in [0, 0.05) is 5.69 Å². The summed E-state index contributed by atoms with van der Waals surface area (Å²) in [5, 5.41) is 2.91. The fourth-order valence-corrected chi connectivity index (χ4v) is 3.08. The Bertz CT molecular complexity index is 592. The SMILES string of the molecule is Cl.NC1(C(=O)Nc2ccc3scnc3c2)CCCC1. The lowest BCUT2D eigenvalue weighted by Crippen LogP contribution is -2.48. The molecule has 1 fully saturated rings. The first-order chi connectivity index (χ1) is 8.67. The van der Waals surface area contributed by atoms with Crippen LogP contribution >= 0.6 is 23.7 Å². The smallest absolute Gasteiger partial charge is 0.244 e. The van der Waals surface area contributed by atoms with E-state index in [9.17, 15) is 4.79 Å². The molecule has 0 aliphatic heterocycles. The largest absolute Gasteiger partial charge is 0.324 e. The Hall–Kier alpha value is -1.17. The van der Waals surface area contributed by atoms with Crippen molar-refractivity contribution < 1.29 is 4.79 Å². The predicted octanol–water partition coefficient (Wildman–Crippen LogP) is 2.93. The van der Waals surface area contributed by atoms with Gasteiger partial charge in [-0.25, -0.2) is 4.98 Å². The molecule has 3 N–H and O–H groups in total. The summed E-state index contributed by atoms with van der Waals surface area (Å²) in [7, 11) is 0. The van der Waals surface area contributed by atoms with Crippen molar-refractivity contribution in [2.45, 2.75) is 31.2 Å². The van der Waals surface area contributed by atoms with Gasteiger partial charge in [-0.15, -0.1) is 23.7 Å². The summed E-state index contributed by atoms with van der Waals surface area (Å²) in [5.41, 5.74) is 8.92. The Morgan fingerprint density at radius 1 is 1.37 bits per heavy atom. The van der Waals surface area contributed by atoms with Crippen LogP contribution in [0.4, 0.5) is 5.69 Å². The van der Waals surface area contributed by atoms with Gasteiger partial charge >= 0.3 is 0 Å². The van der Waals surface area contributed by atoms with Gasteiger partial charge < -0.3 is 11.1 Å². The highest BCUT2D eigenvalue weighted by atomic mass is 35.5. The Morgan fingerprint density at radius 3 is 2.84 bits per heavy atom. The van der Waals surface area contributed by atoms with E-state index in [4.69, 9.17) is 5.73 Å². The molecule has 1 aromatic heterocycles. The van der Waals surface area contributed by atoms with E-state index in [0.29, 0.717) is 0 Å². The molecule has 19 heavy (non-hydrogen) atoms. The first-order valence-corrected chi connectivity index (χ1v) is 6.99. The summed E-state index contributed by atoms with van der Waals surface area (Å²) in [5.74, 6) is -0.0745. The summed E-state index contributed by atoms with van der Waals surface area (Å²) in [6, 6.07) is 5.76. The second kappa shape index (κ2) is 5.45. The Morgan fingerprint density at radius 2 is 2.11 bits per heavy atom. The van der Waals surface area contributed by atoms with Crippen molar-refractivity contribution in [1.82, 2.24) is 4.98 Å². The van der Waals surface area contributed by atoms with Gasteiger partial charge in [-0.2, -0.15) is 0 Å². The first-order valence-electron chi connectivity index (χ1n) is 6.11. The molecule has 0 atom stereocenters. The molecule has 4 nitrogen and oxygen atoms in total. The van der Waals surface area contributed by atoms with Crippen molar-refractivity contribution >= 4 is 45.6 Å². The van der Waals surface area contributed by atoms with Crippen LogP contribution in [0.2, 0.25) is 0 Å². The van der Waals surface area contributed by atoms with Crippen LogP contribution in [0.25, 0.3) is 10.2 Å². The fourth-order valence-electron chi connectivity index (χ4n) is 2.42. The number of rotatable bonds is 2. The minimum absolute atomic E-state index is 0. The number of amides is 1. The monoisotopic (exact) mass is 297 g/mol. The lowest BCUT2D eigenvalue weighted by atomic mass is 9.98. The highest BCUT2D eigenvalue weighted by molar-refractivity contribution is 7.16. The van der Waals surface area contributed by atoms with E-state index < -0.39 is 5.54 Å². The molecular weight excluding hydrogens is 282 g/mol. The van der Waals surface area contributed by atoms with Gasteiger partial charge in [0.2, 0.25) is 5.91 Å². The predicted molar refractivity (Wildman–Crippen MR) is 80.9 cm³/mol. The van der Waals surface area contributed by atoms with Crippen molar-refractivity contribution in [3.63, 3.8) is 0 Å². The second-order valence-corrected chi connectivity index (χ2v) is 5.74. The zero-order valence-corrected chi connectivity index (χ0v) is 12.0. The number of nitrogens with one attached hydrogen (secondary N) is 1. The van der Waals surface area contributed by atoms with Crippen molar-refractivity contribution in [1.29, 1.82) is 0 Å². The third-order valence-corrected chi connectivity index (χ3v) is 4.35. The molecule has 1 amide bonds. The van der Waals surface area contributed by atoms with E-state index in [1.807, 2.05) is 18.2 Å². The number of carbonyl (C=O) groups is 1. The number of fused-ring (bicyclic) bond motifs is 1. The van der Waals surface area contributed by atoms with E-state index in [2.05, 4.69) is 10.3 Å². The maximum Gasteiger partial charge on any atom is 0.244 e. The van der Waals surface area contributed by atoms with Crippen LogP contribution in [-0.2, 0) is 4.79 Å². The van der Waals surface area contributed by atoms with E-state index >= 15 is 0 Å². The van der Waals surface area contributed by atoms with E-state index in [1.165, 1.54) is 0 Å². The Kier molecular flexibility index (Phi) is 4.08. The minimum Gasteiger partial charge on any atom is -0.324 e. The van der Waals surface area contributed by atoms with Gasteiger partial charge in [0.1, 0.15) is 0 Å². The number of nitrogens with two attached hydrogens (primary N) is 1. The van der Waals surface area contributed by atoms with Gasteiger partial charge in [-0.05, 0) is 31.0 Å². The molecule has 1 heterocycles. The van der Waals surface area contributed by atoms with Crippen molar-refractivity contribution in [3.05, 3.63) is 23.7 Å². The third kappa shape index (κ3) is 2.73. The molecule has 102 valence electrons. The number of halogens is 1. The molecule has 1 aliphatic rings. The van der Waals surface area contributed by atoms with Gasteiger partial charge in [0.15, 0.2) is 0 Å². The van der Waals surface area contributed by atoms with E-state index in [1.54, 1.807) is 16.8 Å². The quantitative estimate of drug-likeness (QED) is 0.895. The lowest BCUT2D eigenvalue weighted by Gasteiger charge is -2.22. The number of hydrogen-bond acceptors (Lipinski definition) is 4. The minimum atomic E-state index is -0.684. The summed E-state index contributed by atoms with van der Waals surface area (Å²) in [6.45, 7) is 0. The number of anilines is 1. The van der Waals surface area contributed by atoms with Crippen molar-refractivity contribution in [2.75, 3.05) is 5.32 Å². The van der Waals surface area contributed by atoms with Crippen LogP contribution in [0.1, 0.15) is 25.7 Å². The zero-order chi connectivity index (χ0) is 12.6. The normalized spacial score (nSPS) is 17.1. The maximum absolute atomic E-state index is 12.2. The molecule has 1 saturated carbocycles. The summed E-state index contributed by atoms with van der Waals surface area (Å²) in [4.78, 5) is 16.4. The van der Waals surface area contributed by atoms with Crippen LogP contribution in [0.5, 0.6) is 0 Å². The van der Waals surface area contributed by atoms with E-state index in [0.717, 1.165) is 41.6 Å². The standard InChI is InChI=1S/C13H15N3OS.ClH/c14-13(5-1-2-6-13)12(17)16-9-3-4-11-10(7-9)15-8-18-11;/h3-4,7-8H,1-2,5-6,14H2,(H,16,17);1H. The van der Waals surface area contributed by atoms with Crippen LogP contribution in [0.15, 0.2) is 23.7 Å². The molecule has 3 rings (SSSR count). The summed E-state index contributed by atoms with van der Waals surface area (Å²) < 4.78 is 1.12. The number of benzene rings is 1. The molecule has 0 radical (unpaired) electrons. The molecule has 0 bridgehead atoms. The molecule has 0 unspecified atom stereocenters. The molecule has 0 spiro atoms. The lowest BCUT2D eigenvalue weighted by molar-refractivity contribution is -0.120. The van der Waals surface area contributed by atoms with Gasteiger partial charge in [0.05, 0.1) is 21.3 Å². The molecule has 1 aromatic carbocycles. The second-order valence-electron chi connectivity index (χ2n) is 4.85. The van der Waals surface area contributed by atoms with Crippen molar-refractivity contribution in [3.8, 4) is 0 Å². The van der Waals surface area contributed by atoms with Gasteiger partial charge in [-0.1, -0.05) is 12.8 Å². The van der Waals surface area contributed by atoms with Crippen LogP contribution in [0.3, 0.4) is 0 Å². The Balaban J connectivity index is 0.00000133. The zero-order valence-electron chi connectivity index (χ0n) is 10.4. The average molecular weight is 298 g/mol. The third-order valence-electron chi connectivity index (χ3n) is 3.54. The molecule has 1 aliphatic carbocycles. The fraction of sp³-hybridized carbons (Fsp3) is 0.385. The molecule has 2 aromatic rings. The van der Waals surface area contributed by atoms with Crippen LogP contribution in [-0.4, -0.2) is 16.4 Å². The summed E-state index contributed by atoms with van der Waals surface area (Å²) >= 11 is 1.59. The van der Waals surface area contributed by atoms with Crippen LogP contribution < -0.4 is 11.1 Å². The van der Waals surface area contributed by atoms with Gasteiger partial charge in [0.25, 0.3) is 0 Å². The average Bonchev–Trinajstić information content (AvgIpc) is 2.98. The highest BCUT2D eigenvalue weighted by Crippen LogP contribution is 2.29.